The van der Waals surface area contributed by atoms with Gasteiger partial charge in [0.25, 0.3) is 0 Å². The van der Waals surface area contributed by atoms with Crippen LogP contribution in [0.25, 0.3) is 0 Å². The largest absolute Gasteiger partial charge is 0.465 e. The average Bonchev–Trinajstić information content (AvgIpc) is 2.64. The van der Waals surface area contributed by atoms with Gasteiger partial charge in [0.15, 0.2) is 0 Å². The number of ether oxygens (including phenoxy) is 1. The van der Waals surface area contributed by atoms with Crippen LogP contribution in [0.15, 0.2) is 12.2 Å². The van der Waals surface area contributed by atoms with Gasteiger partial charge in [0.2, 0.25) is 0 Å². The summed E-state index contributed by atoms with van der Waals surface area (Å²) >= 11 is 0. The predicted molar refractivity (Wildman–Crippen MR) is 61.7 cm³/mol. The number of carbonyl (C=O) groups excluding carboxylic acids is 1. The van der Waals surface area contributed by atoms with Crippen LogP contribution in [0.2, 0.25) is 0 Å². The van der Waals surface area contributed by atoms with Crippen molar-refractivity contribution >= 4 is 5.97 Å². The molecule has 0 aromatic carbocycles. The van der Waals surface area contributed by atoms with E-state index < -0.39 is 0 Å². The summed E-state index contributed by atoms with van der Waals surface area (Å²) in [6, 6.07) is 0. The van der Waals surface area contributed by atoms with Gasteiger partial charge in [-0.05, 0) is 24.2 Å². The predicted octanol–water partition coefficient (Wildman–Crippen LogP) is 2.79. The van der Waals surface area contributed by atoms with Crippen molar-refractivity contribution in [2.45, 2.75) is 33.6 Å². The molecule has 1 saturated carbocycles. The fourth-order valence-electron chi connectivity index (χ4n) is 4.09. The number of esters is 1. The van der Waals surface area contributed by atoms with Gasteiger partial charge >= 0.3 is 5.97 Å². The number of hydrogen-bond donors (Lipinski definition) is 0. The molecule has 2 bridgehead atoms. The Morgan fingerprint density at radius 2 is 2.12 bits per heavy atom. The third kappa shape index (κ3) is 1.01. The standard InChI is InChI=1S/C14H20O2/c1-9(2)14-6-4-13(3,5-7-14)10-8-16-12(15)11(10)14/h4,6,9-11H,5,7-8H2,1-3H3. The van der Waals surface area contributed by atoms with Gasteiger partial charge in [-0.3, -0.25) is 4.79 Å². The molecule has 0 aromatic rings. The second-order valence-corrected chi connectivity index (χ2v) is 6.32. The third-order valence-corrected chi connectivity index (χ3v) is 5.43. The summed E-state index contributed by atoms with van der Waals surface area (Å²) in [5, 5.41) is 0. The summed E-state index contributed by atoms with van der Waals surface area (Å²) in [5.74, 6) is 1.11. The molecule has 0 radical (unpaired) electrons. The van der Waals surface area contributed by atoms with Gasteiger partial charge in [-0.1, -0.05) is 32.9 Å². The van der Waals surface area contributed by atoms with Crippen LogP contribution in [0, 0.1) is 28.6 Å². The Labute approximate surface area is 97.1 Å². The van der Waals surface area contributed by atoms with Crippen LogP contribution in [0.5, 0.6) is 0 Å². The van der Waals surface area contributed by atoms with E-state index in [0.29, 0.717) is 18.4 Å². The highest BCUT2D eigenvalue weighted by Gasteiger charge is 2.62. The van der Waals surface area contributed by atoms with Crippen LogP contribution in [-0.2, 0) is 9.53 Å². The smallest absolute Gasteiger partial charge is 0.310 e. The minimum atomic E-state index is 0.0500. The second-order valence-electron chi connectivity index (χ2n) is 6.32. The lowest BCUT2D eigenvalue weighted by atomic mass is 9.47. The molecule has 2 nitrogen and oxygen atoms in total. The molecule has 4 unspecified atom stereocenters. The van der Waals surface area contributed by atoms with Crippen LogP contribution < -0.4 is 0 Å². The van der Waals surface area contributed by atoms with E-state index in [9.17, 15) is 4.79 Å². The van der Waals surface area contributed by atoms with Crippen LogP contribution in [0.4, 0.5) is 0 Å². The van der Waals surface area contributed by atoms with Crippen molar-refractivity contribution in [3.63, 3.8) is 0 Å². The molecular formula is C14H20O2. The van der Waals surface area contributed by atoms with Crippen molar-refractivity contribution in [3.8, 4) is 0 Å². The topological polar surface area (TPSA) is 26.3 Å². The van der Waals surface area contributed by atoms with Crippen molar-refractivity contribution in [3.05, 3.63) is 12.2 Å². The molecule has 1 aliphatic heterocycles. The van der Waals surface area contributed by atoms with Crippen LogP contribution >= 0.6 is 0 Å². The molecule has 4 rings (SSSR count). The zero-order valence-corrected chi connectivity index (χ0v) is 10.3. The molecule has 1 saturated heterocycles. The SMILES string of the molecule is CC(C)C12C=CC(C)(CC1)C1COC(=O)C12. The Hall–Kier alpha value is -0.790. The monoisotopic (exact) mass is 220 g/mol. The molecule has 0 N–H and O–H groups in total. The maximum absolute atomic E-state index is 12.0. The van der Waals surface area contributed by atoms with Crippen molar-refractivity contribution in [2.75, 3.05) is 6.61 Å². The van der Waals surface area contributed by atoms with Crippen molar-refractivity contribution in [1.82, 2.24) is 0 Å². The lowest BCUT2D eigenvalue weighted by molar-refractivity contribution is -0.147. The van der Waals surface area contributed by atoms with E-state index >= 15 is 0 Å². The first-order valence-electron chi connectivity index (χ1n) is 6.37. The van der Waals surface area contributed by atoms with Gasteiger partial charge in [-0.15, -0.1) is 0 Å². The van der Waals surface area contributed by atoms with Crippen molar-refractivity contribution in [1.29, 1.82) is 0 Å². The first-order valence-corrected chi connectivity index (χ1v) is 6.37. The number of carbonyl (C=O) groups is 1. The number of rotatable bonds is 1. The molecule has 4 atom stereocenters. The number of hydrogen-bond acceptors (Lipinski definition) is 2. The van der Waals surface area contributed by atoms with Crippen LogP contribution in [-0.4, -0.2) is 12.6 Å². The Balaban J connectivity index is 2.13. The maximum atomic E-state index is 12.0. The summed E-state index contributed by atoms with van der Waals surface area (Å²) in [6.07, 6.45) is 7.04. The lowest BCUT2D eigenvalue weighted by Crippen LogP contribution is -2.52. The molecule has 2 fully saturated rings. The van der Waals surface area contributed by atoms with Gasteiger partial charge in [0, 0.05) is 11.3 Å². The first kappa shape index (κ1) is 10.4. The molecule has 2 heteroatoms. The van der Waals surface area contributed by atoms with Gasteiger partial charge in [-0.2, -0.15) is 0 Å². The fraction of sp³-hybridized carbons (Fsp3) is 0.786. The van der Waals surface area contributed by atoms with Crippen molar-refractivity contribution < 1.29 is 9.53 Å². The minimum Gasteiger partial charge on any atom is -0.465 e. The molecule has 1 heterocycles. The number of allylic oxidation sites excluding steroid dienone is 2. The molecule has 0 amide bonds. The molecule has 0 spiro atoms. The van der Waals surface area contributed by atoms with E-state index in [4.69, 9.17) is 4.74 Å². The van der Waals surface area contributed by atoms with Gasteiger partial charge in [0.1, 0.15) is 0 Å². The molecule has 16 heavy (non-hydrogen) atoms. The zero-order valence-electron chi connectivity index (χ0n) is 10.3. The number of cyclic esters (lactones) is 1. The fourth-order valence-corrected chi connectivity index (χ4v) is 4.09. The highest BCUT2D eigenvalue weighted by molar-refractivity contribution is 5.77. The van der Waals surface area contributed by atoms with Gasteiger partial charge in [0.05, 0.1) is 12.5 Å². The second kappa shape index (κ2) is 2.91. The molecular weight excluding hydrogens is 200 g/mol. The molecule has 0 aromatic heterocycles. The third-order valence-electron chi connectivity index (χ3n) is 5.43. The Bertz CT molecular complexity index is 371. The van der Waals surface area contributed by atoms with E-state index in [2.05, 4.69) is 32.9 Å². The van der Waals surface area contributed by atoms with E-state index in [0.717, 1.165) is 6.42 Å². The van der Waals surface area contributed by atoms with E-state index in [1.807, 2.05) is 0 Å². The van der Waals surface area contributed by atoms with Crippen molar-refractivity contribution in [2.24, 2.45) is 28.6 Å². The van der Waals surface area contributed by atoms with E-state index in [-0.39, 0.29) is 22.7 Å². The van der Waals surface area contributed by atoms with Crippen LogP contribution in [0.1, 0.15) is 33.6 Å². The summed E-state index contributed by atoms with van der Waals surface area (Å²) in [5.41, 5.74) is 0.281. The number of fused-ring (bicyclic) bond motifs is 1. The first-order chi connectivity index (χ1) is 7.50. The molecule has 4 aliphatic rings. The minimum absolute atomic E-state index is 0.0500. The van der Waals surface area contributed by atoms with Gasteiger partial charge < -0.3 is 4.74 Å². The summed E-state index contributed by atoms with van der Waals surface area (Å²) in [6.45, 7) is 7.40. The normalized spacial score (nSPS) is 49.6. The Morgan fingerprint density at radius 3 is 2.69 bits per heavy atom. The maximum Gasteiger partial charge on any atom is 0.310 e. The van der Waals surface area contributed by atoms with E-state index in [1.54, 1.807) is 0 Å². The van der Waals surface area contributed by atoms with Crippen LogP contribution in [0.3, 0.4) is 0 Å². The lowest BCUT2D eigenvalue weighted by Gasteiger charge is -2.55. The molecule has 3 aliphatic carbocycles. The molecule has 88 valence electrons. The highest BCUT2D eigenvalue weighted by Crippen LogP contribution is 2.63. The van der Waals surface area contributed by atoms with E-state index in [1.165, 1.54) is 6.42 Å². The van der Waals surface area contributed by atoms with Gasteiger partial charge in [-0.25, -0.2) is 0 Å². The summed E-state index contributed by atoms with van der Waals surface area (Å²) < 4.78 is 5.34. The quantitative estimate of drug-likeness (QED) is 0.501. The Morgan fingerprint density at radius 1 is 1.38 bits per heavy atom. The summed E-state index contributed by atoms with van der Waals surface area (Å²) in [4.78, 5) is 12.0. The zero-order chi connectivity index (χ0) is 11.6. The Kier molecular flexibility index (Phi) is 1.88. The average molecular weight is 220 g/mol. The summed E-state index contributed by atoms with van der Waals surface area (Å²) in [7, 11) is 0. The highest BCUT2D eigenvalue weighted by atomic mass is 16.5.